The zero-order valence-electron chi connectivity index (χ0n) is 11.1. The van der Waals surface area contributed by atoms with Crippen molar-refractivity contribution in [1.82, 2.24) is 4.57 Å². The molecule has 0 saturated heterocycles. The van der Waals surface area contributed by atoms with Gasteiger partial charge in [0.15, 0.2) is 5.78 Å². The average Bonchev–Trinajstić information content (AvgIpc) is 2.81. The predicted molar refractivity (Wildman–Crippen MR) is 82.5 cm³/mol. The number of aromatic nitrogens is 1. The fourth-order valence-corrected chi connectivity index (χ4v) is 2.63. The lowest BCUT2D eigenvalue weighted by Gasteiger charge is -2.06. The molecule has 2 nitrogen and oxygen atoms in total. The smallest absolute Gasteiger partial charge is 0.183 e. The van der Waals surface area contributed by atoms with Crippen LogP contribution >= 0.6 is 11.6 Å². The van der Waals surface area contributed by atoms with Crippen molar-refractivity contribution in [1.29, 1.82) is 0 Å². The molecule has 3 rings (SSSR count). The molecule has 0 aliphatic carbocycles. The third kappa shape index (κ3) is 2.35. The first-order valence-electron chi connectivity index (χ1n) is 6.48. The summed E-state index contributed by atoms with van der Waals surface area (Å²) in [5.41, 5.74) is 2.85. The summed E-state index contributed by atoms with van der Waals surface area (Å²) in [4.78, 5) is 12.3. The number of halogens is 1. The summed E-state index contributed by atoms with van der Waals surface area (Å²) in [5, 5.41) is 1.65. The Labute approximate surface area is 122 Å². The molecule has 2 aromatic carbocycles. The zero-order chi connectivity index (χ0) is 14.1. The highest BCUT2D eigenvalue weighted by Crippen LogP contribution is 2.20. The van der Waals surface area contributed by atoms with Crippen LogP contribution in [0.1, 0.15) is 15.9 Å². The van der Waals surface area contributed by atoms with Crippen molar-refractivity contribution in [3.05, 3.63) is 70.9 Å². The van der Waals surface area contributed by atoms with E-state index in [1.54, 1.807) is 12.1 Å². The molecule has 3 aromatic rings. The normalized spacial score (nSPS) is 10.9. The number of carbonyl (C=O) groups excluding carboxylic acids is 1. The molecule has 1 aromatic heterocycles. The molecule has 0 atom stereocenters. The van der Waals surface area contributed by atoms with E-state index in [2.05, 4.69) is 19.1 Å². The number of ketones is 1. The van der Waals surface area contributed by atoms with Gasteiger partial charge in [0, 0.05) is 17.3 Å². The molecule has 20 heavy (non-hydrogen) atoms. The predicted octanol–water partition coefficient (Wildman–Crippen LogP) is 4.49. The summed E-state index contributed by atoms with van der Waals surface area (Å²) in [6.07, 6.45) is 1.94. The number of Topliss-reactive ketones (excluding diaryl/α,β-unsaturated/α-hetero) is 1. The van der Waals surface area contributed by atoms with Gasteiger partial charge >= 0.3 is 0 Å². The van der Waals surface area contributed by atoms with Crippen LogP contribution in [0.15, 0.2) is 54.7 Å². The minimum absolute atomic E-state index is 0.0219. The van der Waals surface area contributed by atoms with Crippen LogP contribution in [0.4, 0.5) is 0 Å². The Balaban J connectivity index is 1.94. The number of carbonyl (C=O) groups is 1. The molecule has 0 amide bonds. The number of nitrogens with zero attached hydrogens (tertiary/aromatic N) is 1. The number of fused-ring (bicyclic) bond motifs is 1. The standard InChI is InChI=1S/C17H14ClNO/c1-12-6-7-16-13(10-12)8-9-19(16)11-17(20)14-4-2-3-5-15(14)18/h2-10H,11H2,1H3. The van der Waals surface area contributed by atoms with Gasteiger partial charge in [0.1, 0.15) is 0 Å². The van der Waals surface area contributed by atoms with E-state index in [-0.39, 0.29) is 5.78 Å². The summed E-state index contributed by atoms with van der Waals surface area (Å²) in [6.45, 7) is 2.36. The number of aryl methyl sites for hydroxylation is 1. The van der Waals surface area contributed by atoms with E-state index >= 15 is 0 Å². The highest BCUT2D eigenvalue weighted by Gasteiger charge is 2.11. The third-order valence-corrected chi connectivity index (χ3v) is 3.74. The van der Waals surface area contributed by atoms with Crippen molar-refractivity contribution in [2.45, 2.75) is 13.5 Å². The van der Waals surface area contributed by atoms with Crippen LogP contribution in [-0.4, -0.2) is 10.4 Å². The van der Waals surface area contributed by atoms with Gasteiger partial charge in [-0.25, -0.2) is 0 Å². The molecular weight excluding hydrogens is 270 g/mol. The van der Waals surface area contributed by atoms with Gasteiger partial charge < -0.3 is 4.57 Å². The maximum atomic E-state index is 12.3. The quantitative estimate of drug-likeness (QED) is 0.649. The van der Waals surface area contributed by atoms with Gasteiger partial charge in [0.25, 0.3) is 0 Å². The molecule has 0 radical (unpaired) electrons. The van der Waals surface area contributed by atoms with Gasteiger partial charge in [-0.2, -0.15) is 0 Å². The lowest BCUT2D eigenvalue weighted by molar-refractivity contribution is 0.0974. The van der Waals surface area contributed by atoms with E-state index in [4.69, 9.17) is 11.6 Å². The molecule has 0 spiro atoms. The van der Waals surface area contributed by atoms with E-state index in [1.807, 2.05) is 35.0 Å². The lowest BCUT2D eigenvalue weighted by Crippen LogP contribution is -2.09. The minimum Gasteiger partial charge on any atom is -0.340 e. The van der Waals surface area contributed by atoms with E-state index < -0.39 is 0 Å². The molecule has 0 saturated carbocycles. The van der Waals surface area contributed by atoms with Crippen LogP contribution in [0, 0.1) is 6.92 Å². The van der Waals surface area contributed by atoms with Crippen LogP contribution in [0.25, 0.3) is 10.9 Å². The van der Waals surface area contributed by atoms with Gasteiger partial charge in [0.05, 0.1) is 11.6 Å². The van der Waals surface area contributed by atoms with Crippen molar-refractivity contribution in [2.24, 2.45) is 0 Å². The first kappa shape index (κ1) is 12.9. The fourth-order valence-electron chi connectivity index (χ4n) is 2.38. The van der Waals surface area contributed by atoms with Crippen LogP contribution in [0.5, 0.6) is 0 Å². The van der Waals surface area contributed by atoms with E-state index in [9.17, 15) is 4.79 Å². The first-order valence-corrected chi connectivity index (χ1v) is 6.86. The Bertz CT molecular complexity index is 789. The van der Waals surface area contributed by atoms with Crippen molar-refractivity contribution in [3.63, 3.8) is 0 Å². The Morgan fingerprint density at radius 2 is 1.95 bits per heavy atom. The highest BCUT2D eigenvalue weighted by molar-refractivity contribution is 6.33. The molecule has 0 aliphatic heterocycles. The van der Waals surface area contributed by atoms with Gasteiger partial charge in [-0.15, -0.1) is 0 Å². The number of hydrogen-bond acceptors (Lipinski definition) is 1. The van der Waals surface area contributed by atoms with Crippen LogP contribution in [0.2, 0.25) is 5.02 Å². The van der Waals surface area contributed by atoms with E-state index in [0.29, 0.717) is 17.1 Å². The molecule has 0 unspecified atom stereocenters. The Morgan fingerprint density at radius 3 is 2.75 bits per heavy atom. The molecule has 100 valence electrons. The summed E-state index contributed by atoms with van der Waals surface area (Å²) in [7, 11) is 0. The second-order valence-corrected chi connectivity index (χ2v) is 5.32. The molecule has 0 bridgehead atoms. The summed E-state index contributed by atoms with van der Waals surface area (Å²) in [6, 6.07) is 15.4. The SMILES string of the molecule is Cc1ccc2c(ccn2CC(=O)c2ccccc2Cl)c1. The second kappa shape index (κ2) is 5.14. The number of hydrogen-bond donors (Lipinski definition) is 0. The molecule has 0 N–H and O–H groups in total. The van der Waals surface area contributed by atoms with Crippen molar-refractivity contribution in [3.8, 4) is 0 Å². The third-order valence-electron chi connectivity index (χ3n) is 3.41. The minimum atomic E-state index is 0.0219. The van der Waals surface area contributed by atoms with Crippen molar-refractivity contribution < 1.29 is 4.79 Å². The van der Waals surface area contributed by atoms with Crippen LogP contribution in [-0.2, 0) is 6.54 Å². The highest BCUT2D eigenvalue weighted by atomic mass is 35.5. The van der Waals surface area contributed by atoms with E-state index in [1.165, 1.54) is 5.56 Å². The topological polar surface area (TPSA) is 22.0 Å². The second-order valence-electron chi connectivity index (χ2n) is 4.91. The number of benzene rings is 2. The Morgan fingerprint density at radius 1 is 1.15 bits per heavy atom. The lowest BCUT2D eigenvalue weighted by atomic mass is 10.1. The summed E-state index contributed by atoms with van der Waals surface area (Å²) in [5.74, 6) is 0.0219. The zero-order valence-corrected chi connectivity index (χ0v) is 11.9. The molecule has 0 aliphatic rings. The monoisotopic (exact) mass is 283 g/mol. The molecule has 1 heterocycles. The van der Waals surface area contributed by atoms with Gasteiger partial charge in [-0.05, 0) is 42.6 Å². The van der Waals surface area contributed by atoms with Crippen LogP contribution in [0.3, 0.4) is 0 Å². The Kier molecular flexibility index (Phi) is 3.33. The van der Waals surface area contributed by atoms with E-state index in [0.717, 1.165) is 10.9 Å². The van der Waals surface area contributed by atoms with Gasteiger partial charge in [-0.1, -0.05) is 35.4 Å². The van der Waals surface area contributed by atoms with Gasteiger partial charge in [0.2, 0.25) is 0 Å². The fraction of sp³-hybridized carbons (Fsp3) is 0.118. The molecule has 0 fully saturated rings. The molecular formula is C17H14ClNO. The van der Waals surface area contributed by atoms with Crippen molar-refractivity contribution in [2.75, 3.05) is 0 Å². The summed E-state index contributed by atoms with van der Waals surface area (Å²) >= 11 is 6.07. The maximum Gasteiger partial charge on any atom is 0.183 e. The van der Waals surface area contributed by atoms with Crippen molar-refractivity contribution >= 4 is 28.3 Å². The molecule has 3 heteroatoms. The Hall–Kier alpha value is -2.06. The summed E-state index contributed by atoms with van der Waals surface area (Å²) < 4.78 is 1.96. The first-order chi connectivity index (χ1) is 9.65. The maximum absolute atomic E-state index is 12.3. The van der Waals surface area contributed by atoms with Gasteiger partial charge in [-0.3, -0.25) is 4.79 Å². The van der Waals surface area contributed by atoms with Crippen LogP contribution < -0.4 is 0 Å². The average molecular weight is 284 g/mol. The largest absolute Gasteiger partial charge is 0.340 e. The number of rotatable bonds is 3.